The van der Waals surface area contributed by atoms with Gasteiger partial charge in [-0.3, -0.25) is 19.8 Å². The van der Waals surface area contributed by atoms with Gasteiger partial charge in [0.05, 0.1) is 29.9 Å². The zero-order valence-corrected chi connectivity index (χ0v) is 18.1. The molecule has 0 saturated heterocycles. The molecular weight excluding hydrogens is 471 g/mol. The average Bonchev–Trinajstić information content (AvgIpc) is 2.65. The van der Waals surface area contributed by atoms with E-state index in [0.29, 0.717) is 18.8 Å². The number of amides is 1. The summed E-state index contributed by atoms with van der Waals surface area (Å²) in [6.07, 6.45) is 1.99. The Bertz CT molecular complexity index is 930. The van der Waals surface area contributed by atoms with E-state index in [1.807, 2.05) is 32.9 Å². The quantitative estimate of drug-likeness (QED) is 0.266. The first-order valence-corrected chi connectivity index (χ1v) is 9.96. The van der Waals surface area contributed by atoms with Gasteiger partial charge in [0.15, 0.2) is 0 Å². The topological polar surface area (TPSA) is 72.7 Å². The highest BCUT2D eigenvalue weighted by Crippen LogP contribution is 2.33. The molecule has 0 N–H and O–H groups in total. The summed E-state index contributed by atoms with van der Waals surface area (Å²) in [7, 11) is 0. The number of aryl methyl sites for hydroxylation is 2. The molecule has 7 heteroatoms. The third kappa shape index (κ3) is 4.10. The van der Waals surface area contributed by atoms with Crippen LogP contribution in [0.3, 0.4) is 0 Å². The Morgan fingerprint density at radius 3 is 2.46 bits per heavy atom. The van der Waals surface area contributed by atoms with Gasteiger partial charge in [0, 0.05) is 21.3 Å². The number of rotatable bonds is 4. The van der Waals surface area contributed by atoms with Crippen molar-refractivity contribution in [3.05, 3.63) is 78.4 Å². The van der Waals surface area contributed by atoms with Crippen LogP contribution < -0.4 is 4.90 Å². The summed E-state index contributed by atoms with van der Waals surface area (Å²) < 4.78 is 6.61. The van der Waals surface area contributed by atoms with Crippen LogP contribution in [0.15, 0.2) is 48.0 Å². The Morgan fingerprint density at radius 1 is 1.21 bits per heavy atom. The monoisotopic (exact) mass is 492 g/mol. The van der Waals surface area contributed by atoms with Gasteiger partial charge in [-0.2, -0.15) is 0 Å². The number of nitrogens with zero attached hydrogens (tertiary/aromatic N) is 2. The number of anilines is 1. The van der Waals surface area contributed by atoms with Crippen LogP contribution in [0, 0.1) is 27.5 Å². The van der Waals surface area contributed by atoms with E-state index in [-0.39, 0.29) is 17.6 Å². The molecular formula is C21H21IN2O4. The summed E-state index contributed by atoms with van der Waals surface area (Å²) in [5.41, 5.74) is 4.40. The molecule has 1 amide bonds. The van der Waals surface area contributed by atoms with Crippen molar-refractivity contribution in [1.29, 1.82) is 0 Å². The number of non-ortho nitro benzene ring substituents is 1. The van der Waals surface area contributed by atoms with E-state index in [2.05, 4.69) is 28.7 Å². The molecule has 0 aliphatic carbocycles. The molecule has 146 valence electrons. The maximum atomic E-state index is 13.5. The molecule has 6 nitrogen and oxygen atoms in total. The van der Waals surface area contributed by atoms with E-state index in [9.17, 15) is 14.9 Å². The molecule has 28 heavy (non-hydrogen) atoms. The van der Waals surface area contributed by atoms with Gasteiger partial charge in [0.25, 0.3) is 11.6 Å². The highest BCUT2D eigenvalue weighted by atomic mass is 127. The molecule has 2 aromatic rings. The number of carbonyl (C=O) groups excluding carboxylic acids is 1. The van der Waals surface area contributed by atoms with Gasteiger partial charge in [-0.05, 0) is 78.3 Å². The highest BCUT2D eigenvalue weighted by Gasteiger charge is 2.32. The number of hydrogen-bond donors (Lipinski definition) is 0. The van der Waals surface area contributed by atoms with E-state index < -0.39 is 4.92 Å². The second-order valence-electron chi connectivity index (χ2n) is 6.89. The van der Waals surface area contributed by atoms with Crippen LogP contribution in [0.25, 0.3) is 0 Å². The van der Waals surface area contributed by atoms with Crippen LogP contribution in [0.1, 0.15) is 28.4 Å². The predicted molar refractivity (Wildman–Crippen MR) is 117 cm³/mol. The van der Waals surface area contributed by atoms with Crippen molar-refractivity contribution in [3.8, 4) is 0 Å². The smallest absolute Gasteiger partial charge is 0.269 e. The third-order valence-electron chi connectivity index (χ3n) is 4.82. The summed E-state index contributed by atoms with van der Waals surface area (Å²) in [6.45, 7) is 6.95. The largest absolute Gasteiger partial charge is 0.375 e. The molecule has 0 bridgehead atoms. The Morgan fingerprint density at radius 2 is 1.89 bits per heavy atom. The summed E-state index contributed by atoms with van der Waals surface area (Å²) in [6, 6.07) is 9.60. The highest BCUT2D eigenvalue weighted by molar-refractivity contribution is 14.1. The van der Waals surface area contributed by atoms with Crippen LogP contribution in [0.5, 0.6) is 0 Å². The molecule has 1 aliphatic rings. The lowest BCUT2D eigenvalue weighted by atomic mass is 10.0. The van der Waals surface area contributed by atoms with Crippen molar-refractivity contribution in [2.45, 2.75) is 26.8 Å². The number of carbonyl (C=O) groups is 1. The molecule has 0 saturated carbocycles. The average molecular weight is 492 g/mol. The second-order valence-corrected chi connectivity index (χ2v) is 8.05. The van der Waals surface area contributed by atoms with E-state index >= 15 is 0 Å². The van der Waals surface area contributed by atoms with Gasteiger partial charge in [-0.15, -0.1) is 0 Å². The summed E-state index contributed by atoms with van der Waals surface area (Å²) in [5.74, 6) is -0.206. The van der Waals surface area contributed by atoms with Crippen LogP contribution >= 0.6 is 22.6 Å². The number of halogens is 1. The first kappa shape index (κ1) is 20.5. The lowest BCUT2D eigenvalue weighted by Crippen LogP contribution is -2.46. The van der Waals surface area contributed by atoms with Crippen molar-refractivity contribution >= 4 is 39.9 Å². The molecule has 0 spiro atoms. The Balaban J connectivity index is 2.11. The molecule has 1 atom stereocenters. The third-order valence-corrected chi connectivity index (χ3v) is 5.64. The fourth-order valence-electron chi connectivity index (χ4n) is 3.39. The number of hydrogen-bond acceptors (Lipinski definition) is 4. The lowest BCUT2D eigenvalue weighted by molar-refractivity contribution is -0.384. The van der Waals surface area contributed by atoms with Crippen molar-refractivity contribution in [1.82, 2.24) is 0 Å². The van der Waals surface area contributed by atoms with E-state index in [1.54, 1.807) is 4.90 Å². The van der Waals surface area contributed by atoms with Crippen LogP contribution in [-0.4, -0.2) is 30.1 Å². The molecule has 2 aromatic carbocycles. The first-order valence-electron chi connectivity index (χ1n) is 8.88. The zero-order chi connectivity index (χ0) is 20.4. The van der Waals surface area contributed by atoms with Crippen molar-refractivity contribution in [3.63, 3.8) is 0 Å². The second kappa shape index (κ2) is 8.40. The normalized spacial score (nSPS) is 16.4. The molecule has 0 radical (unpaired) electrons. The number of nitro groups is 1. The van der Waals surface area contributed by atoms with Gasteiger partial charge in [0.1, 0.15) is 0 Å². The summed E-state index contributed by atoms with van der Waals surface area (Å²) in [5, 5.41) is 10.9. The SMILES string of the molecule is CC1=CCOCC1N(C(=O)c1ccc([N+](=O)[O-])cc1)c1c(C)cc(C)cc1I. The number of benzene rings is 2. The fraction of sp³-hybridized carbons (Fsp3) is 0.286. The van der Waals surface area contributed by atoms with Gasteiger partial charge < -0.3 is 4.74 Å². The predicted octanol–water partition coefficient (Wildman–Crippen LogP) is 4.81. The molecule has 3 rings (SSSR count). The molecule has 1 aliphatic heterocycles. The Kier molecular flexibility index (Phi) is 6.14. The first-order chi connectivity index (χ1) is 13.3. The van der Waals surface area contributed by atoms with Crippen LogP contribution in [0.4, 0.5) is 11.4 Å². The number of nitro benzene ring substituents is 1. The minimum atomic E-state index is -0.471. The molecule has 0 aromatic heterocycles. The van der Waals surface area contributed by atoms with E-state index in [0.717, 1.165) is 26.0 Å². The maximum absolute atomic E-state index is 13.5. The van der Waals surface area contributed by atoms with E-state index in [1.165, 1.54) is 24.3 Å². The van der Waals surface area contributed by atoms with Crippen molar-refractivity contribution in [2.75, 3.05) is 18.1 Å². The minimum absolute atomic E-state index is 0.0405. The number of ether oxygens (including phenoxy) is 1. The molecule has 1 unspecified atom stereocenters. The Labute approximate surface area is 177 Å². The van der Waals surface area contributed by atoms with Gasteiger partial charge in [-0.25, -0.2) is 0 Å². The van der Waals surface area contributed by atoms with Crippen molar-refractivity contribution in [2.24, 2.45) is 0 Å². The van der Waals surface area contributed by atoms with Gasteiger partial charge >= 0.3 is 0 Å². The molecule has 0 fully saturated rings. The summed E-state index contributed by atoms with van der Waals surface area (Å²) >= 11 is 2.25. The fourth-order valence-corrected chi connectivity index (χ4v) is 4.57. The summed E-state index contributed by atoms with van der Waals surface area (Å²) in [4.78, 5) is 25.8. The lowest BCUT2D eigenvalue weighted by Gasteiger charge is -2.36. The van der Waals surface area contributed by atoms with Crippen molar-refractivity contribution < 1.29 is 14.5 Å². The Hall–Kier alpha value is -2.26. The van der Waals surface area contributed by atoms with Crippen LogP contribution in [0.2, 0.25) is 0 Å². The van der Waals surface area contributed by atoms with Gasteiger partial charge in [-0.1, -0.05) is 12.1 Å². The minimum Gasteiger partial charge on any atom is -0.375 e. The molecule has 1 heterocycles. The maximum Gasteiger partial charge on any atom is 0.269 e. The van der Waals surface area contributed by atoms with Gasteiger partial charge in [0.2, 0.25) is 0 Å². The standard InChI is InChI=1S/C21H21IN2O4/c1-13-10-15(3)20(18(22)11-13)23(19-12-28-9-8-14(19)2)21(25)16-4-6-17(7-5-16)24(26)27/h4-8,10-11,19H,9,12H2,1-3H3. The van der Waals surface area contributed by atoms with E-state index in [4.69, 9.17) is 4.74 Å². The zero-order valence-electron chi connectivity index (χ0n) is 15.9. The van der Waals surface area contributed by atoms with Crippen LogP contribution in [-0.2, 0) is 4.74 Å².